The average Bonchev–Trinajstić information content (AvgIpc) is 3.41. The van der Waals surface area contributed by atoms with E-state index in [2.05, 4.69) is 22.0 Å². The van der Waals surface area contributed by atoms with E-state index in [1.165, 1.54) is 16.9 Å². The SMILES string of the molecule is CC(=O)N1CC2CC1CN2CCc1ccc(Oc2nc3c(Cl)cccc3s2)cc1. The molecule has 2 bridgehead atoms. The molecule has 5 nitrogen and oxygen atoms in total. The number of nitrogens with zero attached hydrogens (tertiary/aromatic N) is 3. The van der Waals surface area contributed by atoms with Gasteiger partial charge in [0, 0.05) is 38.6 Å². The number of hydrogen-bond donors (Lipinski definition) is 0. The zero-order valence-electron chi connectivity index (χ0n) is 16.2. The first-order valence-corrected chi connectivity index (χ1v) is 11.1. The highest BCUT2D eigenvalue weighted by Gasteiger charge is 2.43. The molecule has 2 aliphatic rings. The molecule has 0 radical (unpaired) electrons. The van der Waals surface area contributed by atoms with Crippen LogP contribution in [-0.2, 0) is 11.2 Å². The van der Waals surface area contributed by atoms with Crippen molar-refractivity contribution >= 4 is 39.1 Å². The molecule has 150 valence electrons. The lowest BCUT2D eigenvalue weighted by Gasteiger charge is -2.33. The number of ether oxygens (including phenoxy) is 1. The largest absolute Gasteiger partial charge is 0.431 e. The molecule has 3 aromatic rings. The number of halogens is 1. The van der Waals surface area contributed by atoms with Crippen LogP contribution in [0.1, 0.15) is 18.9 Å². The molecule has 2 unspecified atom stereocenters. The predicted molar refractivity (Wildman–Crippen MR) is 116 cm³/mol. The van der Waals surface area contributed by atoms with Crippen molar-refractivity contribution in [3.8, 4) is 10.9 Å². The van der Waals surface area contributed by atoms with Crippen LogP contribution in [0.4, 0.5) is 0 Å². The number of likely N-dealkylation sites (tertiary alicyclic amines) is 2. The second-order valence-corrected chi connectivity index (χ2v) is 9.17. The fourth-order valence-corrected chi connectivity index (χ4v) is 5.58. The number of piperazine rings is 1. The molecule has 2 aromatic carbocycles. The highest BCUT2D eigenvalue weighted by molar-refractivity contribution is 7.20. The molecule has 2 saturated heterocycles. The minimum atomic E-state index is 0.211. The van der Waals surface area contributed by atoms with Crippen LogP contribution in [0.25, 0.3) is 10.2 Å². The van der Waals surface area contributed by atoms with Crippen LogP contribution in [0.2, 0.25) is 5.02 Å². The standard InChI is InChI=1S/C22H22ClN3O2S/c1-14(27)26-13-16-11-17(26)12-25(16)10-9-15-5-7-18(8-6-15)28-22-24-21-19(23)3-2-4-20(21)29-22/h2-8,16-17H,9-13H2,1H3. The Morgan fingerprint density at radius 3 is 2.72 bits per heavy atom. The first-order valence-electron chi connectivity index (χ1n) is 9.90. The first-order chi connectivity index (χ1) is 14.1. The van der Waals surface area contributed by atoms with Gasteiger partial charge in [-0.15, -0.1) is 0 Å². The van der Waals surface area contributed by atoms with Crippen molar-refractivity contribution in [1.82, 2.24) is 14.8 Å². The van der Waals surface area contributed by atoms with Gasteiger partial charge in [0.15, 0.2) is 0 Å². The Balaban J connectivity index is 1.18. The fourth-order valence-electron chi connectivity index (χ4n) is 4.44. The smallest absolute Gasteiger partial charge is 0.279 e. The number of rotatable bonds is 5. The van der Waals surface area contributed by atoms with Crippen molar-refractivity contribution in [3.63, 3.8) is 0 Å². The summed E-state index contributed by atoms with van der Waals surface area (Å²) >= 11 is 7.69. The van der Waals surface area contributed by atoms with E-state index in [1.54, 1.807) is 6.92 Å². The van der Waals surface area contributed by atoms with Crippen LogP contribution in [0.15, 0.2) is 42.5 Å². The minimum Gasteiger partial charge on any atom is -0.431 e. The summed E-state index contributed by atoms with van der Waals surface area (Å²) in [5.41, 5.74) is 2.07. The Morgan fingerprint density at radius 2 is 2.03 bits per heavy atom. The maximum absolute atomic E-state index is 11.6. The fraction of sp³-hybridized carbons (Fsp3) is 0.364. The van der Waals surface area contributed by atoms with Crippen LogP contribution in [0.5, 0.6) is 10.9 Å². The van der Waals surface area contributed by atoms with Gasteiger partial charge in [-0.05, 0) is 42.7 Å². The number of hydrogen-bond acceptors (Lipinski definition) is 5. The summed E-state index contributed by atoms with van der Waals surface area (Å²) in [4.78, 5) is 20.7. The zero-order chi connectivity index (χ0) is 20.0. The Labute approximate surface area is 178 Å². The Morgan fingerprint density at radius 1 is 1.21 bits per heavy atom. The summed E-state index contributed by atoms with van der Waals surface area (Å²) < 4.78 is 6.95. The maximum Gasteiger partial charge on any atom is 0.279 e. The molecule has 3 heterocycles. The summed E-state index contributed by atoms with van der Waals surface area (Å²) in [6.45, 7) is 4.60. The predicted octanol–water partition coefficient (Wildman–Crippen LogP) is 4.59. The molecule has 2 fully saturated rings. The van der Waals surface area contributed by atoms with E-state index in [0.717, 1.165) is 48.4 Å². The molecule has 0 N–H and O–H groups in total. The van der Waals surface area contributed by atoms with Gasteiger partial charge in [-0.3, -0.25) is 9.69 Å². The average molecular weight is 428 g/mol. The number of carbonyl (C=O) groups excluding carboxylic acids is 1. The number of fused-ring (bicyclic) bond motifs is 3. The summed E-state index contributed by atoms with van der Waals surface area (Å²) in [5.74, 6) is 0.990. The molecular formula is C22H22ClN3O2S. The highest BCUT2D eigenvalue weighted by Crippen LogP contribution is 2.35. The van der Waals surface area contributed by atoms with Crippen molar-refractivity contribution in [1.29, 1.82) is 0 Å². The van der Waals surface area contributed by atoms with Gasteiger partial charge in [0.25, 0.3) is 5.19 Å². The van der Waals surface area contributed by atoms with Crippen LogP contribution in [-0.4, -0.2) is 52.4 Å². The molecule has 0 spiro atoms. The Hall–Kier alpha value is -2.15. The third-order valence-corrected chi connectivity index (χ3v) is 7.13. The lowest BCUT2D eigenvalue weighted by molar-refractivity contribution is -0.131. The lowest BCUT2D eigenvalue weighted by Crippen LogP contribution is -2.48. The molecule has 0 aliphatic carbocycles. The van der Waals surface area contributed by atoms with Crippen molar-refractivity contribution in [2.24, 2.45) is 0 Å². The van der Waals surface area contributed by atoms with E-state index in [-0.39, 0.29) is 5.91 Å². The van der Waals surface area contributed by atoms with Gasteiger partial charge in [0.2, 0.25) is 5.91 Å². The summed E-state index contributed by atoms with van der Waals surface area (Å²) in [6, 6.07) is 14.9. The highest BCUT2D eigenvalue weighted by atomic mass is 35.5. The van der Waals surface area contributed by atoms with Gasteiger partial charge in [-0.1, -0.05) is 41.1 Å². The van der Waals surface area contributed by atoms with E-state index < -0.39 is 0 Å². The molecular weight excluding hydrogens is 406 g/mol. The first kappa shape index (κ1) is 18.9. The monoisotopic (exact) mass is 427 g/mol. The number of para-hydroxylation sites is 1. The van der Waals surface area contributed by atoms with E-state index in [1.807, 2.05) is 35.2 Å². The topological polar surface area (TPSA) is 45.7 Å². The van der Waals surface area contributed by atoms with Gasteiger partial charge >= 0.3 is 0 Å². The third-order valence-electron chi connectivity index (χ3n) is 5.92. The molecule has 0 saturated carbocycles. The van der Waals surface area contributed by atoms with Gasteiger partial charge in [-0.25, -0.2) is 4.98 Å². The van der Waals surface area contributed by atoms with Gasteiger partial charge in [0.05, 0.1) is 9.72 Å². The van der Waals surface area contributed by atoms with E-state index in [4.69, 9.17) is 16.3 Å². The van der Waals surface area contributed by atoms with Crippen molar-refractivity contribution in [2.75, 3.05) is 19.6 Å². The normalized spacial score (nSPS) is 21.2. The lowest BCUT2D eigenvalue weighted by atomic mass is 10.1. The third kappa shape index (κ3) is 3.72. The van der Waals surface area contributed by atoms with Gasteiger partial charge in [0.1, 0.15) is 11.3 Å². The molecule has 7 heteroatoms. The quantitative estimate of drug-likeness (QED) is 0.597. The van der Waals surface area contributed by atoms with E-state index >= 15 is 0 Å². The van der Waals surface area contributed by atoms with E-state index in [0.29, 0.717) is 22.3 Å². The van der Waals surface area contributed by atoms with E-state index in [9.17, 15) is 4.79 Å². The minimum absolute atomic E-state index is 0.211. The van der Waals surface area contributed by atoms with Gasteiger partial charge in [-0.2, -0.15) is 0 Å². The maximum atomic E-state index is 11.6. The van der Waals surface area contributed by atoms with Gasteiger partial charge < -0.3 is 9.64 Å². The number of carbonyl (C=O) groups is 1. The van der Waals surface area contributed by atoms with Crippen molar-refractivity contribution < 1.29 is 9.53 Å². The molecule has 5 rings (SSSR count). The van der Waals surface area contributed by atoms with Crippen LogP contribution in [0, 0.1) is 0 Å². The Bertz CT molecular complexity index is 1050. The molecule has 29 heavy (non-hydrogen) atoms. The molecule has 1 aromatic heterocycles. The summed E-state index contributed by atoms with van der Waals surface area (Å²) in [5, 5.41) is 1.25. The summed E-state index contributed by atoms with van der Waals surface area (Å²) in [7, 11) is 0. The van der Waals surface area contributed by atoms with Crippen LogP contribution in [0.3, 0.4) is 0 Å². The number of benzene rings is 2. The Kier molecular flexibility index (Phi) is 4.94. The number of thiazole rings is 1. The van der Waals surface area contributed by atoms with Crippen molar-refractivity contribution in [2.45, 2.75) is 31.8 Å². The molecule has 2 aliphatic heterocycles. The number of amides is 1. The molecule has 1 amide bonds. The second-order valence-electron chi connectivity index (χ2n) is 7.77. The van der Waals surface area contributed by atoms with Crippen LogP contribution < -0.4 is 4.74 Å². The number of aromatic nitrogens is 1. The summed E-state index contributed by atoms with van der Waals surface area (Å²) in [6.07, 6.45) is 2.12. The van der Waals surface area contributed by atoms with Crippen molar-refractivity contribution in [3.05, 3.63) is 53.1 Å². The molecule has 2 atom stereocenters. The van der Waals surface area contributed by atoms with Crippen LogP contribution >= 0.6 is 22.9 Å². The second kappa shape index (κ2) is 7.59. The zero-order valence-corrected chi connectivity index (χ0v) is 17.7.